The minimum absolute atomic E-state index is 0.266. The van der Waals surface area contributed by atoms with Gasteiger partial charge in [-0.05, 0) is 27.7 Å². The summed E-state index contributed by atoms with van der Waals surface area (Å²) >= 11 is 0. The van der Waals surface area contributed by atoms with Crippen LogP contribution in [0.5, 0.6) is 0 Å². The van der Waals surface area contributed by atoms with E-state index in [1.807, 2.05) is 25.7 Å². The van der Waals surface area contributed by atoms with Gasteiger partial charge in [-0.15, -0.1) is 0 Å². The Morgan fingerprint density at radius 2 is 1.75 bits per heavy atom. The Kier molecular flexibility index (Phi) is 4.15. The zero-order chi connectivity index (χ0) is 12.3. The molecule has 1 atom stereocenters. The van der Waals surface area contributed by atoms with Crippen molar-refractivity contribution in [1.82, 2.24) is 9.80 Å². The molecule has 1 aliphatic rings. The molecule has 1 fully saturated rings. The van der Waals surface area contributed by atoms with E-state index in [1.165, 1.54) is 0 Å². The number of aliphatic hydroxyl groups is 1. The van der Waals surface area contributed by atoms with Gasteiger partial charge in [0.2, 0.25) is 0 Å². The maximum Gasteiger partial charge on any atom is 0.410 e. The highest BCUT2D eigenvalue weighted by atomic mass is 16.6. The van der Waals surface area contributed by atoms with Crippen LogP contribution in [-0.4, -0.2) is 59.0 Å². The van der Waals surface area contributed by atoms with E-state index in [1.54, 1.807) is 11.8 Å². The second-order valence-electron chi connectivity index (χ2n) is 5.14. The second-order valence-corrected chi connectivity index (χ2v) is 5.14. The minimum Gasteiger partial charge on any atom is -0.444 e. The van der Waals surface area contributed by atoms with Crippen LogP contribution in [0, 0.1) is 0 Å². The lowest BCUT2D eigenvalue weighted by atomic mass is 10.2. The van der Waals surface area contributed by atoms with E-state index in [2.05, 4.69) is 0 Å². The van der Waals surface area contributed by atoms with Crippen LogP contribution in [0.4, 0.5) is 4.79 Å². The molecule has 0 spiro atoms. The van der Waals surface area contributed by atoms with Gasteiger partial charge in [0.15, 0.2) is 0 Å². The normalized spacial score (nSPS) is 20.7. The molecule has 0 radical (unpaired) electrons. The van der Waals surface area contributed by atoms with Crippen molar-refractivity contribution in [3.8, 4) is 0 Å². The first-order valence-corrected chi connectivity index (χ1v) is 5.69. The molecule has 0 aliphatic carbocycles. The van der Waals surface area contributed by atoms with Crippen molar-refractivity contribution in [3.63, 3.8) is 0 Å². The van der Waals surface area contributed by atoms with Crippen LogP contribution in [0.15, 0.2) is 0 Å². The smallest absolute Gasteiger partial charge is 0.410 e. The highest BCUT2D eigenvalue weighted by Gasteiger charge is 2.26. The van der Waals surface area contributed by atoms with Crippen molar-refractivity contribution in [1.29, 1.82) is 0 Å². The molecule has 1 aliphatic heterocycles. The first-order chi connectivity index (χ1) is 7.29. The van der Waals surface area contributed by atoms with Gasteiger partial charge in [-0.2, -0.15) is 0 Å². The number of rotatable bonds is 1. The third kappa shape index (κ3) is 3.98. The quantitative estimate of drug-likeness (QED) is 0.726. The van der Waals surface area contributed by atoms with Crippen LogP contribution in [0.25, 0.3) is 0 Å². The number of hydrogen-bond donors (Lipinski definition) is 1. The summed E-state index contributed by atoms with van der Waals surface area (Å²) in [5, 5.41) is 9.38. The van der Waals surface area contributed by atoms with Crippen molar-refractivity contribution in [2.75, 3.05) is 26.2 Å². The molecule has 0 saturated carbocycles. The SMILES string of the molecule is CC(O)N1CCN(C(=O)OC(C)(C)C)CC1. The summed E-state index contributed by atoms with van der Waals surface area (Å²) in [4.78, 5) is 15.3. The van der Waals surface area contributed by atoms with Crippen molar-refractivity contribution in [2.24, 2.45) is 0 Å². The van der Waals surface area contributed by atoms with Crippen molar-refractivity contribution in [2.45, 2.75) is 39.5 Å². The zero-order valence-electron chi connectivity index (χ0n) is 10.6. The Balaban J connectivity index is 2.39. The third-order valence-corrected chi connectivity index (χ3v) is 2.49. The number of ether oxygens (including phenoxy) is 1. The van der Waals surface area contributed by atoms with E-state index < -0.39 is 11.8 Å². The molecular formula is C11H22N2O3. The number of hydrogen-bond acceptors (Lipinski definition) is 4. The van der Waals surface area contributed by atoms with Crippen LogP contribution < -0.4 is 0 Å². The molecule has 1 saturated heterocycles. The van der Waals surface area contributed by atoms with Gasteiger partial charge in [0.25, 0.3) is 0 Å². The van der Waals surface area contributed by atoms with Crippen LogP contribution in [-0.2, 0) is 4.74 Å². The number of nitrogens with zero attached hydrogens (tertiary/aromatic N) is 2. The molecule has 0 aromatic heterocycles. The highest BCUT2D eigenvalue weighted by Crippen LogP contribution is 2.12. The molecule has 0 aromatic carbocycles. The van der Waals surface area contributed by atoms with E-state index in [0.29, 0.717) is 26.2 Å². The fraction of sp³-hybridized carbons (Fsp3) is 0.909. The summed E-state index contributed by atoms with van der Waals surface area (Å²) in [6, 6.07) is 0. The maximum atomic E-state index is 11.7. The van der Waals surface area contributed by atoms with Crippen LogP contribution in [0.2, 0.25) is 0 Å². The fourth-order valence-electron chi connectivity index (χ4n) is 1.60. The largest absolute Gasteiger partial charge is 0.444 e. The van der Waals surface area contributed by atoms with Gasteiger partial charge < -0.3 is 14.7 Å². The summed E-state index contributed by atoms with van der Waals surface area (Å²) in [7, 11) is 0. The molecule has 0 aromatic rings. The molecule has 1 N–H and O–H groups in total. The topological polar surface area (TPSA) is 53.0 Å². The third-order valence-electron chi connectivity index (χ3n) is 2.49. The van der Waals surface area contributed by atoms with Gasteiger partial charge in [0.1, 0.15) is 11.8 Å². The van der Waals surface area contributed by atoms with Gasteiger partial charge in [-0.1, -0.05) is 0 Å². The molecule has 0 bridgehead atoms. The van der Waals surface area contributed by atoms with Crippen molar-refractivity contribution in [3.05, 3.63) is 0 Å². The first kappa shape index (κ1) is 13.3. The number of carbonyl (C=O) groups excluding carboxylic acids is 1. The molecular weight excluding hydrogens is 208 g/mol. The summed E-state index contributed by atoms with van der Waals surface area (Å²) in [5.74, 6) is 0. The lowest BCUT2D eigenvalue weighted by molar-refractivity contribution is -0.0249. The molecule has 1 heterocycles. The molecule has 16 heavy (non-hydrogen) atoms. The monoisotopic (exact) mass is 230 g/mol. The Labute approximate surface area is 97.0 Å². The Bertz CT molecular complexity index is 240. The average molecular weight is 230 g/mol. The molecule has 1 unspecified atom stereocenters. The summed E-state index contributed by atoms with van der Waals surface area (Å²) in [6.45, 7) is 9.92. The standard InChI is InChI=1S/C11H22N2O3/c1-9(14)12-5-7-13(8-6-12)10(15)16-11(2,3)4/h9,14H,5-8H2,1-4H3. The van der Waals surface area contributed by atoms with Crippen molar-refractivity contribution >= 4 is 6.09 Å². The van der Waals surface area contributed by atoms with Gasteiger partial charge >= 0.3 is 6.09 Å². The number of amides is 1. The molecule has 94 valence electrons. The van der Waals surface area contributed by atoms with Crippen LogP contribution in [0.1, 0.15) is 27.7 Å². The van der Waals surface area contributed by atoms with Crippen LogP contribution >= 0.6 is 0 Å². The fourth-order valence-corrected chi connectivity index (χ4v) is 1.60. The Hall–Kier alpha value is -0.810. The molecule has 1 amide bonds. The van der Waals surface area contributed by atoms with Crippen molar-refractivity contribution < 1.29 is 14.6 Å². The predicted octanol–water partition coefficient (Wildman–Crippen LogP) is 0.877. The summed E-state index contributed by atoms with van der Waals surface area (Å²) in [6.07, 6.45) is -0.710. The molecule has 5 nitrogen and oxygen atoms in total. The average Bonchev–Trinajstić information content (AvgIpc) is 2.15. The van der Waals surface area contributed by atoms with Crippen LogP contribution in [0.3, 0.4) is 0 Å². The lowest BCUT2D eigenvalue weighted by Gasteiger charge is -2.36. The summed E-state index contributed by atoms with van der Waals surface area (Å²) in [5.41, 5.74) is -0.446. The van der Waals surface area contributed by atoms with E-state index in [-0.39, 0.29) is 6.09 Å². The van der Waals surface area contributed by atoms with E-state index in [9.17, 15) is 9.90 Å². The number of aliphatic hydroxyl groups excluding tert-OH is 1. The Morgan fingerprint density at radius 3 is 2.12 bits per heavy atom. The summed E-state index contributed by atoms with van der Waals surface area (Å²) < 4.78 is 5.28. The predicted molar refractivity (Wildman–Crippen MR) is 61.1 cm³/mol. The first-order valence-electron chi connectivity index (χ1n) is 5.69. The second kappa shape index (κ2) is 5.01. The highest BCUT2D eigenvalue weighted by molar-refractivity contribution is 5.68. The zero-order valence-corrected chi connectivity index (χ0v) is 10.6. The van der Waals surface area contributed by atoms with E-state index >= 15 is 0 Å². The van der Waals surface area contributed by atoms with Gasteiger partial charge in [-0.3, -0.25) is 4.90 Å². The van der Waals surface area contributed by atoms with E-state index in [0.717, 1.165) is 0 Å². The number of piperazine rings is 1. The lowest BCUT2D eigenvalue weighted by Crippen LogP contribution is -2.52. The van der Waals surface area contributed by atoms with Gasteiger partial charge in [0.05, 0.1) is 0 Å². The number of carbonyl (C=O) groups is 1. The van der Waals surface area contributed by atoms with Gasteiger partial charge in [0, 0.05) is 26.2 Å². The molecule has 5 heteroatoms. The van der Waals surface area contributed by atoms with Gasteiger partial charge in [-0.25, -0.2) is 4.79 Å². The molecule has 1 rings (SSSR count). The van der Waals surface area contributed by atoms with E-state index in [4.69, 9.17) is 4.74 Å². The minimum atomic E-state index is -0.446. The Morgan fingerprint density at radius 1 is 1.25 bits per heavy atom. The maximum absolute atomic E-state index is 11.7.